The Balaban J connectivity index is 1.84. The maximum absolute atomic E-state index is 11.8. The topological polar surface area (TPSA) is 65.2 Å². The summed E-state index contributed by atoms with van der Waals surface area (Å²) in [4.78, 5) is 16.3. The van der Waals surface area contributed by atoms with Gasteiger partial charge in [-0.3, -0.25) is 4.79 Å². The third kappa shape index (κ3) is 1.91. The maximum atomic E-state index is 11.8. The number of aromatic nitrogens is 2. The Kier molecular flexibility index (Phi) is 2.96. The standard InChI is InChI=1S/C14H20N2O3/c1-4-14(2,18-3)13-15-12(19-16-13)10-6-8-5-9(10)11(17)7-8/h8-10H,4-7H2,1-3H3/t8-,9+,10?,14?/m0/s1. The molecule has 5 heteroatoms. The molecule has 2 fully saturated rings. The van der Waals surface area contributed by atoms with Crippen molar-refractivity contribution in [2.24, 2.45) is 11.8 Å². The van der Waals surface area contributed by atoms with E-state index in [1.807, 2.05) is 13.8 Å². The van der Waals surface area contributed by atoms with Crippen LogP contribution in [0.1, 0.15) is 57.2 Å². The van der Waals surface area contributed by atoms with E-state index < -0.39 is 5.60 Å². The van der Waals surface area contributed by atoms with Crippen molar-refractivity contribution in [1.29, 1.82) is 0 Å². The number of methoxy groups -OCH3 is 1. The molecule has 0 radical (unpaired) electrons. The van der Waals surface area contributed by atoms with E-state index in [2.05, 4.69) is 10.1 Å². The largest absolute Gasteiger partial charge is 0.370 e. The van der Waals surface area contributed by atoms with Gasteiger partial charge in [-0.15, -0.1) is 0 Å². The van der Waals surface area contributed by atoms with Gasteiger partial charge in [-0.1, -0.05) is 12.1 Å². The second-order valence-corrected chi connectivity index (χ2v) is 5.97. The molecule has 0 aliphatic heterocycles. The van der Waals surface area contributed by atoms with E-state index in [0.29, 0.717) is 23.4 Å². The summed E-state index contributed by atoms with van der Waals surface area (Å²) in [7, 11) is 1.65. The van der Waals surface area contributed by atoms with E-state index >= 15 is 0 Å². The fourth-order valence-electron chi connectivity index (χ4n) is 3.37. The van der Waals surface area contributed by atoms with Crippen LogP contribution in [0.5, 0.6) is 0 Å². The lowest BCUT2D eigenvalue weighted by atomic mass is 9.88. The first-order valence-electron chi connectivity index (χ1n) is 6.99. The number of Topliss-reactive ketones (excluding diaryl/α,β-unsaturated/α-hetero) is 1. The van der Waals surface area contributed by atoms with Gasteiger partial charge in [0.15, 0.2) is 0 Å². The highest BCUT2D eigenvalue weighted by Gasteiger charge is 2.48. The van der Waals surface area contributed by atoms with Crippen LogP contribution >= 0.6 is 0 Å². The zero-order valence-electron chi connectivity index (χ0n) is 11.7. The monoisotopic (exact) mass is 264 g/mol. The molecule has 2 aliphatic carbocycles. The molecular weight excluding hydrogens is 244 g/mol. The minimum atomic E-state index is -0.511. The fourth-order valence-corrected chi connectivity index (χ4v) is 3.37. The third-order valence-corrected chi connectivity index (χ3v) is 4.92. The lowest BCUT2D eigenvalue weighted by molar-refractivity contribution is -0.122. The Labute approximate surface area is 112 Å². The summed E-state index contributed by atoms with van der Waals surface area (Å²) in [5, 5.41) is 4.06. The van der Waals surface area contributed by atoms with Crippen molar-refractivity contribution in [2.45, 2.75) is 51.0 Å². The van der Waals surface area contributed by atoms with Crippen LogP contribution in [0.15, 0.2) is 4.52 Å². The molecule has 1 heterocycles. The molecule has 0 N–H and O–H groups in total. The molecule has 0 spiro atoms. The quantitative estimate of drug-likeness (QED) is 0.835. The Morgan fingerprint density at radius 2 is 2.16 bits per heavy atom. The van der Waals surface area contributed by atoms with Crippen LogP contribution in [0.4, 0.5) is 0 Å². The van der Waals surface area contributed by atoms with E-state index in [9.17, 15) is 4.79 Å². The number of nitrogens with zero attached hydrogens (tertiary/aromatic N) is 2. The lowest BCUT2D eigenvalue weighted by Crippen LogP contribution is -2.25. The first-order chi connectivity index (χ1) is 9.07. The fraction of sp³-hybridized carbons (Fsp3) is 0.786. The zero-order chi connectivity index (χ0) is 13.6. The van der Waals surface area contributed by atoms with Gasteiger partial charge in [0.2, 0.25) is 11.7 Å². The predicted molar refractivity (Wildman–Crippen MR) is 67.5 cm³/mol. The summed E-state index contributed by atoms with van der Waals surface area (Å²) < 4.78 is 10.9. The number of hydrogen-bond acceptors (Lipinski definition) is 5. The van der Waals surface area contributed by atoms with Gasteiger partial charge >= 0.3 is 0 Å². The summed E-state index contributed by atoms with van der Waals surface area (Å²) in [5.74, 6) is 2.33. The van der Waals surface area contributed by atoms with Gasteiger partial charge in [0.1, 0.15) is 11.4 Å². The third-order valence-electron chi connectivity index (χ3n) is 4.92. The Morgan fingerprint density at radius 3 is 2.74 bits per heavy atom. The number of hydrogen-bond donors (Lipinski definition) is 0. The molecule has 19 heavy (non-hydrogen) atoms. The molecular formula is C14H20N2O3. The summed E-state index contributed by atoms with van der Waals surface area (Å²) in [6, 6.07) is 0. The van der Waals surface area contributed by atoms with Crippen LogP contribution < -0.4 is 0 Å². The average Bonchev–Trinajstić information content (AvgIpc) is 3.10. The van der Waals surface area contributed by atoms with Crippen LogP contribution in [0, 0.1) is 11.8 Å². The normalized spacial score (nSPS) is 32.8. The SMILES string of the molecule is CCC(C)(OC)c1noc(C2C[C@H]3CC(=O)[C@@H]2C3)n1. The van der Waals surface area contributed by atoms with E-state index in [1.54, 1.807) is 7.11 Å². The van der Waals surface area contributed by atoms with Gasteiger partial charge in [-0.2, -0.15) is 4.98 Å². The van der Waals surface area contributed by atoms with Gasteiger partial charge in [0.05, 0.1) is 0 Å². The van der Waals surface area contributed by atoms with Crippen LogP contribution in [-0.4, -0.2) is 23.0 Å². The number of fused-ring (bicyclic) bond motifs is 2. The number of ether oxygens (including phenoxy) is 1. The second kappa shape index (κ2) is 4.40. The van der Waals surface area contributed by atoms with Crippen molar-refractivity contribution < 1.29 is 14.1 Å². The molecule has 0 aromatic carbocycles. The Bertz CT molecular complexity index is 493. The Hall–Kier alpha value is -1.23. The number of carbonyl (C=O) groups is 1. The number of ketones is 1. The summed E-state index contributed by atoms with van der Waals surface area (Å²) in [6.07, 6.45) is 3.52. The summed E-state index contributed by atoms with van der Waals surface area (Å²) in [6.45, 7) is 3.98. The van der Waals surface area contributed by atoms with Crippen LogP contribution in [0.25, 0.3) is 0 Å². The van der Waals surface area contributed by atoms with Gasteiger partial charge < -0.3 is 9.26 Å². The molecule has 0 amide bonds. The highest BCUT2D eigenvalue weighted by molar-refractivity contribution is 5.85. The molecule has 2 unspecified atom stereocenters. The predicted octanol–water partition coefficient (Wildman–Crippen LogP) is 2.42. The molecule has 2 saturated carbocycles. The van der Waals surface area contributed by atoms with E-state index in [4.69, 9.17) is 9.26 Å². The molecule has 4 atom stereocenters. The second-order valence-electron chi connectivity index (χ2n) is 5.97. The highest BCUT2D eigenvalue weighted by atomic mass is 16.5. The smallest absolute Gasteiger partial charge is 0.230 e. The van der Waals surface area contributed by atoms with Crippen LogP contribution in [-0.2, 0) is 15.1 Å². The van der Waals surface area contributed by atoms with E-state index in [1.165, 1.54) is 0 Å². The van der Waals surface area contributed by atoms with Crippen molar-refractivity contribution in [2.75, 3.05) is 7.11 Å². The van der Waals surface area contributed by atoms with E-state index in [-0.39, 0.29) is 11.8 Å². The van der Waals surface area contributed by atoms with E-state index in [0.717, 1.165) is 25.7 Å². The van der Waals surface area contributed by atoms with Gasteiger partial charge in [0, 0.05) is 25.4 Å². The first-order valence-corrected chi connectivity index (χ1v) is 6.99. The Morgan fingerprint density at radius 1 is 1.42 bits per heavy atom. The highest BCUT2D eigenvalue weighted by Crippen LogP contribution is 2.50. The van der Waals surface area contributed by atoms with Crippen LogP contribution in [0.3, 0.4) is 0 Å². The van der Waals surface area contributed by atoms with Crippen LogP contribution in [0.2, 0.25) is 0 Å². The minimum absolute atomic E-state index is 0.105. The molecule has 3 rings (SSSR count). The molecule has 104 valence electrons. The molecule has 5 nitrogen and oxygen atoms in total. The molecule has 2 bridgehead atoms. The van der Waals surface area contributed by atoms with Crippen molar-refractivity contribution in [3.63, 3.8) is 0 Å². The van der Waals surface area contributed by atoms with Gasteiger partial charge in [-0.05, 0) is 32.1 Å². The molecule has 1 aromatic heterocycles. The van der Waals surface area contributed by atoms with Crippen molar-refractivity contribution in [1.82, 2.24) is 10.1 Å². The van der Waals surface area contributed by atoms with Crippen molar-refractivity contribution in [3.8, 4) is 0 Å². The first kappa shape index (κ1) is 12.8. The van der Waals surface area contributed by atoms with Crippen molar-refractivity contribution in [3.05, 3.63) is 11.7 Å². The molecule has 1 aromatic rings. The lowest BCUT2D eigenvalue weighted by Gasteiger charge is -2.22. The zero-order valence-corrected chi connectivity index (χ0v) is 11.7. The van der Waals surface area contributed by atoms with Gasteiger partial charge in [-0.25, -0.2) is 0 Å². The van der Waals surface area contributed by atoms with Crippen molar-refractivity contribution >= 4 is 5.78 Å². The molecule has 0 saturated heterocycles. The number of rotatable bonds is 4. The maximum Gasteiger partial charge on any atom is 0.230 e. The minimum Gasteiger partial charge on any atom is -0.370 e. The number of carbonyl (C=O) groups excluding carboxylic acids is 1. The molecule has 2 aliphatic rings. The van der Waals surface area contributed by atoms with Gasteiger partial charge in [0.25, 0.3) is 0 Å². The summed E-state index contributed by atoms with van der Waals surface area (Å²) in [5.41, 5.74) is -0.511. The average molecular weight is 264 g/mol. The summed E-state index contributed by atoms with van der Waals surface area (Å²) >= 11 is 0.